The number of allylic oxidation sites excluding steroid dienone is 1. The molecule has 1 atom stereocenters. The lowest BCUT2D eigenvalue weighted by Gasteiger charge is -2.17. The van der Waals surface area contributed by atoms with Gasteiger partial charge in [-0.05, 0) is 18.1 Å². The molecule has 5 heteroatoms. The first-order valence-electron chi connectivity index (χ1n) is 6.25. The summed E-state index contributed by atoms with van der Waals surface area (Å²) in [6.07, 6.45) is 2.44. The van der Waals surface area contributed by atoms with Gasteiger partial charge in [0.1, 0.15) is 12.4 Å². The summed E-state index contributed by atoms with van der Waals surface area (Å²) >= 11 is 0. The molecule has 20 heavy (non-hydrogen) atoms. The van der Waals surface area contributed by atoms with E-state index in [2.05, 4.69) is 16.6 Å². The Balaban J connectivity index is 2.74. The molecule has 0 radical (unpaired) electrons. The van der Waals surface area contributed by atoms with Crippen LogP contribution in [0, 0.1) is 0 Å². The number of amides is 1. The molecule has 0 aliphatic carbocycles. The van der Waals surface area contributed by atoms with Crippen molar-refractivity contribution < 1.29 is 19.1 Å². The minimum atomic E-state index is -0.825. The van der Waals surface area contributed by atoms with Crippen LogP contribution < -0.4 is 10.1 Å². The van der Waals surface area contributed by atoms with E-state index >= 15 is 0 Å². The largest absolute Gasteiger partial charge is 0.491 e. The number of ether oxygens (including phenoxy) is 2. The summed E-state index contributed by atoms with van der Waals surface area (Å²) < 4.78 is 10.2. The number of esters is 1. The predicted octanol–water partition coefficient (Wildman–Crippen LogP) is 1.47. The molecule has 1 rings (SSSR count). The zero-order valence-electron chi connectivity index (χ0n) is 11.7. The lowest BCUT2D eigenvalue weighted by molar-refractivity contribution is -0.145. The average molecular weight is 277 g/mol. The van der Waals surface area contributed by atoms with Gasteiger partial charge >= 0.3 is 5.97 Å². The summed E-state index contributed by atoms with van der Waals surface area (Å²) in [5.41, 5.74) is 0.967. The van der Waals surface area contributed by atoms with Gasteiger partial charge in [-0.15, -0.1) is 6.58 Å². The summed E-state index contributed by atoms with van der Waals surface area (Å²) in [5, 5.41) is 2.49. The van der Waals surface area contributed by atoms with Gasteiger partial charge in [0.2, 0.25) is 5.91 Å². The number of rotatable bonds is 7. The Morgan fingerprint density at radius 3 is 2.70 bits per heavy atom. The second-order valence-electron chi connectivity index (χ2n) is 4.19. The van der Waals surface area contributed by atoms with E-state index in [4.69, 9.17) is 4.74 Å². The first-order chi connectivity index (χ1) is 9.58. The number of hydrogen-bond donors (Lipinski definition) is 1. The van der Waals surface area contributed by atoms with Gasteiger partial charge in [0.25, 0.3) is 0 Å². The maximum absolute atomic E-state index is 11.5. The van der Waals surface area contributed by atoms with Gasteiger partial charge in [0, 0.05) is 6.92 Å². The van der Waals surface area contributed by atoms with Crippen LogP contribution in [0.4, 0.5) is 0 Å². The third-order valence-electron chi connectivity index (χ3n) is 2.61. The Kier molecular flexibility index (Phi) is 6.29. The SMILES string of the molecule is C=CCc1ccccc1OCC(NC(C)=O)C(=O)OC. The topological polar surface area (TPSA) is 64.6 Å². The molecule has 0 saturated carbocycles. The highest BCUT2D eigenvalue weighted by Crippen LogP contribution is 2.18. The van der Waals surface area contributed by atoms with Crippen molar-refractivity contribution in [2.24, 2.45) is 0 Å². The van der Waals surface area contributed by atoms with Gasteiger partial charge in [-0.3, -0.25) is 4.79 Å². The summed E-state index contributed by atoms with van der Waals surface area (Å²) in [7, 11) is 1.27. The van der Waals surface area contributed by atoms with Gasteiger partial charge in [-0.25, -0.2) is 4.79 Å². The zero-order chi connectivity index (χ0) is 15.0. The molecule has 0 aromatic heterocycles. The maximum Gasteiger partial charge on any atom is 0.331 e. The Bertz CT molecular complexity index is 485. The lowest BCUT2D eigenvalue weighted by Crippen LogP contribution is -2.44. The van der Waals surface area contributed by atoms with Gasteiger partial charge in [0.15, 0.2) is 6.04 Å². The fourth-order valence-corrected chi connectivity index (χ4v) is 1.70. The molecule has 0 heterocycles. The Morgan fingerprint density at radius 1 is 1.40 bits per heavy atom. The van der Waals surface area contributed by atoms with Crippen LogP contribution in [0.5, 0.6) is 5.75 Å². The molecule has 1 N–H and O–H groups in total. The smallest absolute Gasteiger partial charge is 0.331 e. The van der Waals surface area contributed by atoms with Gasteiger partial charge in [0.05, 0.1) is 7.11 Å². The Morgan fingerprint density at radius 2 is 2.10 bits per heavy atom. The molecule has 0 fully saturated rings. The summed E-state index contributed by atoms with van der Waals surface area (Å²) in [4.78, 5) is 22.6. The van der Waals surface area contributed by atoms with Crippen LogP contribution >= 0.6 is 0 Å². The van der Waals surface area contributed by atoms with Crippen LogP contribution in [-0.2, 0) is 20.7 Å². The molecule has 1 aromatic carbocycles. The number of carbonyl (C=O) groups excluding carboxylic acids is 2. The highest BCUT2D eigenvalue weighted by Gasteiger charge is 2.21. The second-order valence-corrected chi connectivity index (χ2v) is 4.19. The van der Waals surface area contributed by atoms with Crippen molar-refractivity contribution in [2.75, 3.05) is 13.7 Å². The van der Waals surface area contributed by atoms with Crippen LogP contribution in [-0.4, -0.2) is 31.6 Å². The number of hydrogen-bond acceptors (Lipinski definition) is 4. The molecule has 0 bridgehead atoms. The predicted molar refractivity (Wildman–Crippen MR) is 75.5 cm³/mol. The van der Waals surface area contributed by atoms with Crippen molar-refractivity contribution in [1.82, 2.24) is 5.32 Å². The van der Waals surface area contributed by atoms with Crippen LogP contribution in [0.15, 0.2) is 36.9 Å². The summed E-state index contributed by atoms with van der Waals surface area (Å²) in [5.74, 6) is -0.198. The fourth-order valence-electron chi connectivity index (χ4n) is 1.70. The lowest BCUT2D eigenvalue weighted by atomic mass is 10.1. The van der Waals surface area contributed by atoms with E-state index < -0.39 is 12.0 Å². The maximum atomic E-state index is 11.5. The number of methoxy groups -OCH3 is 1. The van der Waals surface area contributed by atoms with E-state index in [1.165, 1.54) is 14.0 Å². The van der Waals surface area contributed by atoms with Gasteiger partial charge in [-0.2, -0.15) is 0 Å². The molecule has 1 amide bonds. The number of carbonyl (C=O) groups is 2. The van der Waals surface area contributed by atoms with E-state index in [1.54, 1.807) is 12.1 Å². The first kappa shape index (κ1) is 15.8. The molecule has 0 aliphatic heterocycles. The van der Waals surface area contributed by atoms with Crippen LogP contribution in [0.1, 0.15) is 12.5 Å². The summed E-state index contributed by atoms with van der Waals surface area (Å²) in [6.45, 7) is 5.04. The zero-order valence-corrected chi connectivity index (χ0v) is 11.7. The Labute approximate surface area is 118 Å². The molecular weight excluding hydrogens is 258 g/mol. The molecule has 0 spiro atoms. The van der Waals surface area contributed by atoms with Crippen molar-refractivity contribution in [3.05, 3.63) is 42.5 Å². The number of para-hydroxylation sites is 1. The Hall–Kier alpha value is -2.30. The highest BCUT2D eigenvalue weighted by molar-refractivity contribution is 5.83. The van der Waals surface area contributed by atoms with E-state index in [-0.39, 0.29) is 12.5 Å². The van der Waals surface area contributed by atoms with Crippen molar-refractivity contribution in [3.8, 4) is 5.75 Å². The third-order valence-corrected chi connectivity index (χ3v) is 2.61. The molecule has 5 nitrogen and oxygen atoms in total. The van der Waals surface area contributed by atoms with Crippen molar-refractivity contribution in [2.45, 2.75) is 19.4 Å². The number of nitrogens with one attached hydrogen (secondary N) is 1. The third kappa shape index (κ3) is 4.76. The van der Waals surface area contributed by atoms with Crippen molar-refractivity contribution in [3.63, 3.8) is 0 Å². The van der Waals surface area contributed by atoms with Gasteiger partial charge < -0.3 is 14.8 Å². The summed E-state index contributed by atoms with van der Waals surface area (Å²) in [6, 6.07) is 6.64. The second kappa shape index (κ2) is 7.99. The number of benzene rings is 1. The van der Waals surface area contributed by atoms with E-state index in [9.17, 15) is 9.59 Å². The minimum Gasteiger partial charge on any atom is -0.491 e. The highest BCUT2D eigenvalue weighted by atomic mass is 16.5. The average Bonchev–Trinajstić information content (AvgIpc) is 2.44. The van der Waals surface area contributed by atoms with Gasteiger partial charge in [-0.1, -0.05) is 24.3 Å². The molecule has 0 aliphatic rings. The molecule has 108 valence electrons. The van der Waals surface area contributed by atoms with Crippen LogP contribution in [0.3, 0.4) is 0 Å². The molecular formula is C15H19NO4. The fraction of sp³-hybridized carbons (Fsp3) is 0.333. The first-order valence-corrected chi connectivity index (χ1v) is 6.25. The molecule has 1 aromatic rings. The quantitative estimate of drug-likeness (QED) is 0.605. The van der Waals surface area contributed by atoms with E-state index in [1.807, 2.05) is 18.2 Å². The monoisotopic (exact) mass is 277 g/mol. The normalized spacial score (nSPS) is 11.3. The van der Waals surface area contributed by atoms with Crippen LogP contribution in [0.25, 0.3) is 0 Å². The minimum absolute atomic E-state index is 0.0143. The molecule has 0 saturated heterocycles. The van der Waals surface area contributed by atoms with Crippen molar-refractivity contribution >= 4 is 11.9 Å². The van der Waals surface area contributed by atoms with Crippen LogP contribution in [0.2, 0.25) is 0 Å². The van der Waals surface area contributed by atoms with Crippen molar-refractivity contribution in [1.29, 1.82) is 0 Å². The standard InChI is InChI=1S/C15H19NO4/c1-4-7-12-8-5-6-9-14(12)20-10-13(15(18)19-3)16-11(2)17/h4-6,8-9,13H,1,7,10H2,2-3H3,(H,16,17). The van der Waals surface area contributed by atoms with E-state index in [0.29, 0.717) is 12.2 Å². The molecule has 1 unspecified atom stereocenters. The van der Waals surface area contributed by atoms with E-state index in [0.717, 1.165) is 5.56 Å².